The Bertz CT molecular complexity index is 453. The minimum atomic E-state index is -0.533. The summed E-state index contributed by atoms with van der Waals surface area (Å²) in [6.45, 7) is 7.16. The fourth-order valence-electron chi connectivity index (χ4n) is 1.38. The van der Waals surface area contributed by atoms with E-state index in [0.717, 1.165) is 5.56 Å². The Morgan fingerprint density at radius 3 is 2.35 bits per heavy atom. The van der Waals surface area contributed by atoms with Crippen molar-refractivity contribution in [3.63, 3.8) is 0 Å². The average molecular weight is 234 g/mol. The Labute approximate surface area is 101 Å². The number of benzene rings is 1. The highest BCUT2D eigenvalue weighted by molar-refractivity contribution is 6.10. The molecule has 0 radical (unpaired) electrons. The third kappa shape index (κ3) is 3.41. The second-order valence-corrected chi connectivity index (χ2v) is 5.29. The second-order valence-electron chi connectivity index (χ2n) is 5.29. The molecule has 0 aliphatic carbocycles. The van der Waals surface area contributed by atoms with Crippen LogP contribution in [0.5, 0.6) is 5.75 Å². The molecule has 92 valence electrons. The molecular weight excluding hydrogens is 216 g/mol. The van der Waals surface area contributed by atoms with Crippen molar-refractivity contribution in [2.24, 2.45) is 5.41 Å². The van der Waals surface area contributed by atoms with E-state index in [4.69, 9.17) is 0 Å². The fraction of sp³-hybridized carbons (Fsp3) is 0.429. The van der Waals surface area contributed by atoms with Gasteiger partial charge in [-0.15, -0.1) is 0 Å². The van der Waals surface area contributed by atoms with Crippen molar-refractivity contribution in [2.45, 2.75) is 34.1 Å². The molecule has 0 aliphatic heterocycles. The van der Waals surface area contributed by atoms with E-state index in [0.29, 0.717) is 0 Å². The zero-order valence-electron chi connectivity index (χ0n) is 10.7. The van der Waals surface area contributed by atoms with E-state index in [1.807, 2.05) is 6.92 Å². The van der Waals surface area contributed by atoms with E-state index < -0.39 is 5.41 Å². The largest absolute Gasteiger partial charge is 0.507 e. The van der Waals surface area contributed by atoms with Crippen LogP contribution in [0.1, 0.15) is 43.1 Å². The second kappa shape index (κ2) is 4.70. The number of rotatable bonds is 3. The number of aryl methyl sites for hydroxylation is 1. The predicted molar refractivity (Wildman–Crippen MR) is 66.3 cm³/mol. The van der Waals surface area contributed by atoms with Gasteiger partial charge in [-0.3, -0.25) is 9.59 Å². The number of Topliss-reactive ketones (excluding diaryl/α,β-unsaturated/α-hetero) is 2. The number of carbonyl (C=O) groups excluding carboxylic acids is 2. The summed E-state index contributed by atoms with van der Waals surface area (Å²) >= 11 is 0. The van der Waals surface area contributed by atoms with Gasteiger partial charge in [0.25, 0.3) is 0 Å². The van der Waals surface area contributed by atoms with Crippen LogP contribution in [0.25, 0.3) is 0 Å². The summed E-state index contributed by atoms with van der Waals surface area (Å²) < 4.78 is 0. The van der Waals surface area contributed by atoms with Crippen molar-refractivity contribution in [1.29, 1.82) is 0 Å². The Morgan fingerprint density at radius 1 is 1.24 bits per heavy atom. The zero-order chi connectivity index (χ0) is 13.2. The van der Waals surface area contributed by atoms with Crippen LogP contribution < -0.4 is 0 Å². The molecular formula is C14H18O3. The number of phenolic OH excluding ortho intramolecular Hbond substituents is 1. The molecule has 1 rings (SSSR count). The van der Waals surface area contributed by atoms with E-state index in [1.165, 1.54) is 6.07 Å². The molecule has 0 heterocycles. The van der Waals surface area contributed by atoms with Gasteiger partial charge >= 0.3 is 0 Å². The lowest BCUT2D eigenvalue weighted by Gasteiger charge is -2.16. The molecule has 0 amide bonds. The molecule has 3 heteroatoms. The highest BCUT2D eigenvalue weighted by Gasteiger charge is 2.25. The van der Waals surface area contributed by atoms with E-state index in [2.05, 4.69) is 0 Å². The molecule has 1 N–H and O–H groups in total. The summed E-state index contributed by atoms with van der Waals surface area (Å²) in [6, 6.07) is 4.80. The average Bonchev–Trinajstić information content (AvgIpc) is 2.20. The first kappa shape index (κ1) is 13.4. The van der Waals surface area contributed by atoms with E-state index in [1.54, 1.807) is 32.9 Å². The monoisotopic (exact) mass is 234 g/mol. The van der Waals surface area contributed by atoms with E-state index in [9.17, 15) is 14.7 Å². The minimum Gasteiger partial charge on any atom is -0.507 e. The summed E-state index contributed by atoms with van der Waals surface area (Å²) in [6.07, 6.45) is -0.166. The van der Waals surface area contributed by atoms with Crippen molar-refractivity contribution >= 4 is 11.6 Å². The number of carbonyl (C=O) groups is 2. The van der Waals surface area contributed by atoms with Gasteiger partial charge in [-0.2, -0.15) is 0 Å². The molecule has 0 atom stereocenters. The van der Waals surface area contributed by atoms with Crippen LogP contribution >= 0.6 is 0 Å². The van der Waals surface area contributed by atoms with Crippen molar-refractivity contribution in [3.8, 4) is 5.75 Å². The minimum absolute atomic E-state index is 0.0673. The van der Waals surface area contributed by atoms with Crippen molar-refractivity contribution in [1.82, 2.24) is 0 Å². The van der Waals surface area contributed by atoms with Gasteiger partial charge in [0.1, 0.15) is 11.5 Å². The van der Waals surface area contributed by atoms with Gasteiger partial charge in [0.05, 0.1) is 12.0 Å². The van der Waals surface area contributed by atoms with Gasteiger partial charge in [0.15, 0.2) is 5.78 Å². The maximum absolute atomic E-state index is 11.9. The lowest BCUT2D eigenvalue weighted by Crippen LogP contribution is -2.23. The smallest absolute Gasteiger partial charge is 0.173 e. The topological polar surface area (TPSA) is 54.4 Å². The van der Waals surface area contributed by atoms with Crippen LogP contribution in [0.15, 0.2) is 18.2 Å². The Hall–Kier alpha value is -1.64. The summed E-state index contributed by atoms with van der Waals surface area (Å²) in [5.74, 6) is -0.517. The Balaban J connectivity index is 2.91. The van der Waals surface area contributed by atoms with Crippen molar-refractivity contribution in [3.05, 3.63) is 29.3 Å². The van der Waals surface area contributed by atoms with Crippen molar-refractivity contribution < 1.29 is 14.7 Å². The van der Waals surface area contributed by atoms with Crippen LogP contribution in [-0.2, 0) is 4.79 Å². The molecule has 1 aromatic rings. The lowest BCUT2D eigenvalue weighted by atomic mass is 9.87. The summed E-state index contributed by atoms with van der Waals surface area (Å²) in [5, 5.41) is 9.59. The van der Waals surface area contributed by atoms with Crippen LogP contribution in [0.4, 0.5) is 0 Å². The molecule has 3 nitrogen and oxygen atoms in total. The first-order chi connectivity index (χ1) is 7.71. The fourth-order valence-corrected chi connectivity index (χ4v) is 1.38. The van der Waals surface area contributed by atoms with E-state index >= 15 is 0 Å². The van der Waals surface area contributed by atoms with Gasteiger partial charge in [-0.1, -0.05) is 32.4 Å². The van der Waals surface area contributed by atoms with Gasteiger partial charge < -0.3 is 5.11 Å². The Kier molecular flexibility index (Phi) is 3.71. The molecule has 1 aromatic carbocycles. The van der Waals surface area contributed by atoms with Crippen molar-refractivity contribution in [2.75, 3.05) is 0 Å². The molecule has 0 unspecified atom stereocenters. The maximum Gasteiger partial charge on any atom is 0.173 e. The molecule has 17 heavy (non-hydrogen) atoms. The number of ketones is 2. The van der Waals surface area contributed by atoms with Crippen LogP contribution in [-0.4, -0.2) is 16.7 Å². The highest BCUT2D eigenvalue weighted by atomic mass is 16.3. The molecule has 0 saturated carbocycles. The lowest BCUT2D eigenvalue weighted by molar-refractivity contribution is -0.125. The molecule has 0 aliphatic rings. The predicted octanol–water partition coefficient (Wildman–Crippen LogP) is 2.89. The third-order valence-corrected chi connectivity index (χ3v) is 2.61. The van der Waals surface area contributed by atoms with E-state index in [-0.39, 0.29) is 29.3 Å². The van der Waals surface area contributed by atoms with Crippen LogP contribution in [0.2, 0.25) is 0 Å². The third-order valence-electron chi connectivity index (χ3n) is 2.61. The summed E-state index contributed by atoms with van der Waals surface area (Å²) in [4.78, 5) is 23.6. The normalized spacial score (nSPS) is 11.3. The van der Waals surface area contributed by atoms with Crippen LogP contribution in [0.3, 0.4) is 0 Å². The highest BCUT2D eigenvalue weighted by Crippen LogP contribution is 2.23. The summed E-state index contributed by atoms with van der Waals surface area (Å²) in [7, 11) is 0. The molecule has 0 fully saturated rings. The number of phenols is 1. The molecule has 0 bridgehead atoms. The number of aromatic hydroxyl groups is 1. The van der Waals surface area contributed by atoms with Gasteiger partial charge in [0.2, 0.25) is 0 Å². The molecule has 0 spiro atoms. The summed E-state index contributed by atoms with van der Waals surface area (Å²) in [5.41, 5.74) is 0.576. The van der Waals surface area contributed by atoms with Gasteiger partial charge in [0, 0.05) is 5.41 Å². The number of hydrogen-bond acceptors (Lipinski definition) is 3. The number of hydrogen-bond donors (Lipinski definition) is 1. The maximum atomic E-state index is 11.9. The van der Waals surface area contributed by atoms with Crippen LogP contribution in [0, 0.1) is 12.3 Å². The van der Waals surface area contributed by atoms with Gasteiger partial charge in [-0.25, -0.2) is 0 Å². The quantitative estimate of drug-likeness (QED) is 0.646. The molecule has 0 aromatic heterocycles. The molecule has 0 saturated heterocycles. The first-order valence-electron chi connectivity index (χ1n) is 5.58. The SMILES string of the molecule is Cc1ccc(O)c(C(=O)CC(=O)C(C)(C)C)c1. The first-order valence-corrected chi connectivity index (χ1v) is 5.58. The zero-order valence-corrected chi connectivity index (χ0v) is 10.7. The Morgan fingerprint density at radius 2 is 1.82 bits per heavy atom. The van der Waals surface area contributed by atoms with Gasteiger partial charge in [-0.05, 0) is 19.1 Å². The standard InChI is InChI=1S/C14H18O3/c1-9-5-6-11(15)10(7-9)12(16)8-13(17)14(2,3)4/h5-7,15H,8H2,1-4H3.